The fraction of sp³-hybridized carbons (Fsp3) is 0.250. The predicted molar refractivity (Wildman–Crippen MR) is 161 cm³/mol. The van der Waals surface area contributed by atoms with Gasteiger partial charge in [0.1, 0.15) is 6.10 Å². The van der Waals surface area contributed by atoms with Crippen LogP contribution in [-0.4, -0.2) is 47.4 Å². The van der Waals surface area contributed by atoms with Gasteiger partial charge in [-0.05, 0) is 49.7 Å². The molecule has 3 aromatic rings. The highest BCUT2D eigenvalue weighted by Gasteiger charge is 2.39. The summed E-state index contributed by atoms with van der Waals surface area (Å²) in [6.07, 6.45) is -0.864. The van der Waals surface area contributed by atoms with Crippen LogP contribution in [0.15, 0.2) is 101 Å². The Morgan fingerprint density at radius 2 is 1.48 bits per heavy atom. The van der Waals surface area contributed by atoms with Gasteiger partial charge >= 0.3 is 11.9 Å². The molecule has 1 N–H and O–H groups in total. The summed E-state index contributed by atoms with van der Waals surface area (Å²) in [6, 6.07) is 21.2. The molecule has 1 aliphatic heterocycles. The van der Waals surface area contributed by atoms with Crippen LogP contribution >= 0.6 is 0 Å². The van der Waals surface area contributed by atoms with Gasteiger partial charge in [0.25, 0.3) is 11.4 Å². The van der Waals surface area contributed by atoms with Crippen molar-refractivity contribution < 1.29 is 28.9 Å². The second-order valence-electron chi connectivity index (χ2n) is 10.4. The zero-order chi connectivity index (χ0) is 32.0. The number of likely N-dealkylation sites (N-methyl/N-ethyl adjacent to an activating group) is 1. The quantitative estimate of drug-likeness (QED) is 0.174. The van der Waals surface area contributed by atoms with E-state index in [1.165, 1.54) is 49.6 Å². The molecule has 0 amide bonds. The van der Waals surface area contributed by atoms with Crippen LogP contribution in [-0.2, 0) is 25.6 Å². The zero-order valence-corrected chi connectivity index (χ0v) is 24.7. The molecular weight excluding hydrogens is 568 g/mol. The molecule has 1 aliphatic rings. The lowest BCUT2D eigenvalue weighted by molar-refractivity contribution is -0.385. The number of carbonyl (C=O) groups is 2. The predicted octanol–water partition coefficient (Wildman–Crippen LogP) is 5.33. The number of nitrogens with one attached hydrogen (secondary N) is 1. The molecule has 3 aromatic carbocycles. The third-order valence-corrected chi connectivity index (χ3v) is 7.30. The average molecular weight is 601 g/mol. The van der Waals surface area contributed by atoms with Gasteiger partial charge in [-0.15, -0.1) is 0 Å². The van der Waals surface area contributed by atoms with E-state index in [1.54, 1.807) is 19.9 Å². The summed E-state index contributed by atoms with van der Waals surface area (Å²) in [6.45, 7) is 4.08. The van der Waals surface area contributed by atoms with Crippen molar-refractivity contribution in [1.82, 2.24) is 10.2 Å². The maximum atomic E-state index is 14.1. The number of nitrogens with zero attached hydrogens (tertiary/aromatic N) is 3. The number of nitro benzene ring substituents is 2. The fourth-order valence-electron chi connectivity index (χ4n) is 5.25. The van der Waals surface area contributed by atoms with E-state index in [4.69, 9.17) is 9.47 Å². The number of esters is 2. The normalized spacial score (nSPS) is 15.4. The first-order valence-corrected chi connectivity index (χ1v) is 13.7. The Labute approximate surface area is 253 Å². The lowest BCUT2D eigenvalue weighted by Gasteiger charge is -2.32. The Hall–Kier alpha value is -5.36. The smallest absolute Gasteiger partial charge is 0.337 e. The monoisotopic (exact) mass is 600 g/mol. The van der Waals surface area contributed by atoms with Gasteiger partial charge in [0.2, 0.25) is 0 Å². The lowest BCUT2D eigenvalue weighted by Crippen LogP contribution is -2.34. The van der Waals surface area contributed by atoms with Crippen LogP contribution in [0.2, 0.25) is 0 Å². The summed E-state index contributed by atoms with van der Waals surface area (Å²) in [5.41, 5.74) is 2.59. The molecule has 44 heavy (non-hydrogen) atoms. The highest BCUT2D eigenvalue weighted by Crippen LogP contribution is 2.41. The molecule has 0 fully saturated rings. The number of carbonyl (C=O) groups excluding carboxylic acids is 2. The van der Waals surface area contributed by atoms with E-state index >= 15 is 0 Å². The molecule has 0 spiro atoms. The van der Waals surface area contributed by atoms with Crippen LogP contribution in [0.3, 0.4) is 0 Å². The van der Waals surface area contributed by atoms with E-state index in [2.05, 4.69) is 5.32 Å². The van der Waals surface area contributed by atoms with Crippen molar-refractivity contribution in [2.24, 2.45) is 0 Å². The highest BCUT2D eigenvalue weighted by molar-refractivity contribution is 6.00. The molecule has 0 bridgehead atoms. The SMILES string of the molecule is COC(=O)C1=C(C)NC(C)=C(C(=O)OC(CN(C)Cc2ccccc2)c2ccc([N+](=O)[O-])cc2)C1c1cccc([N+](=O)[O-])c1. The molecule has 2 unspecified atom stereocenters. The first-order valence-electron chi connectivity index (χ1n) is 13.7. The maximum absolute atomic E-state index is 14.1. The van der Waals surface area contributed by atoms with E-state index < -0.39 is 33.8 Å². The third kappa shape index (κ3) is 7.16. The molecule has 0 saturated carbocycles. The maximum Gasteiger partial charge on any atom is 0.337 e. The minimum Gasteiger partial charge on any atom is -0.466 e. The van der Waals surface area contributed by atoms with Crippen molar-refractivity contribution in [2.75, 3.05) is 20.7 Å². The Balaban J connectivity index is 1.74. The van der Waals surface area contributed by atoms with Gasteiger partial charge in [-0.25, -0.2) is 9.59 Å². The van der Waals surface area contributed by atoms with Crippen LogP contribution in [0.4, 0.5) is 11.4 Å². The number of ether oxygens (including phenoxy) is 2. The van der Waals surface area contributed by atoms with E-state index in [1.807, 2.05) is 42.3 Å². The average Bonchev–Trinajstić information content (AvgIpc) is 3.00. The van der Waals surface area contributed by atoms with Crippen molar-refractivity contribution in [3.8, 4) is 0 Å². The summed E-state index contributed by atoms with van der Waals surface area (Å²) in [4.78, 5) is 50.9. The zero-order valence-electron chi connectivity index (χ0n) is 24.7. The van der Waals surface area contributed by atoms with Gasteiger partial charge in [-0.2, -0.15) is 0 Å². The summed E-state index contributed by atoms with van der Waals surface area (Å²) in [7, 11) is 3.07. The molecular formula is C32H32N4O8. The number of methoxy groups -OCH3 is 1. The number of hydrogen-bond acceptors (Lipinski definition) is 10. The lowest BCUT2D eigenvalue weighted by atomic mass is 9.80. The van der Waals surface area contributed by atoms with Crippen LogP contribution in [0.1, 0.15) is 42.6 Å². The summed E-state index contributed by atoms with van der Waals surface area (Å²) < 4.78 is 11.2. The Bertz CT molecular complexity index is 1630. The van der Waals surface area contributed by atoms with E-state index in [0.29, 0.717) is 29.1 Å². The van der Waals surface area contributed by atoms with Crippen molar-refractivity contribution in [3.63, 3.8) is 0 Å². The highest BCUT2D eigenvalue weighted by atomic mass is 16.6. The minimum absolute atomic E-state index is 0.0779. The van der Waals surface area contributed by atoms with Crippen LogP contribution in [0.25, 0.3) is 0 Å². The number of rotatable bonds is 11. The second kappa shape index (κ2) is 13.7. The van der Waals surface area contributed by atoms with Crippen molar-refractivity contribution in [1.29, 1.82) is 0 Å². The largest absolute Gasteiger partial charge is 0.466 e. The standard InChI is InChI=1S/C32H32N4O8/c1-20-28(31(37)43-4)30(24-11-8-12-26(17-24)36(41)42)29(21(2)33-20)32(38)44-27(23-13-15-25(16-14-23)35(39)40)19-34(3)18-22-9-6-5-7-10-22/h5-17,27,30,33H,18-19H2,1-4H3. The van der Waals surface area contributed by atoms with Gasteiger partial charge < -0.3 is 14.8 Å². The first kappa shape index (κ1) is 31.6. The number of benzene rings is 3. The minimum atomic E-state index is -1.03. The molecule has 0 aromatic heterocycles. The topological polar surface area (TPSA) is 154 Å². The number of non-ortho nitro benzene ring substituents is 2. The molecule has 12 heteroatoms. The van der Waals surface area contributed by atoms with Crippen LogP contribution < -0.4 is 5.32 Å². The van der Waals surface area contributed by atoms with Crippen molar-refractivity contribution in [2.45, 2.75) is 32.4 Å². The first-order chi connectivity index (χ1) is 21.0. The molecule has 0 saturated heterocycles. The van der Waals surface area contributed by atoms with Crippen LogP contribution in [0.5, 0.6) is 0 Å². The van der Waals surface area contributed by atoms with Gasteiger partial charge in [0.05, 0.1) is 34.0 Å². The second-order valence-corrected chi connectivity index (χ2v) is 10.4. The molecule has 1 heterocycles. The van der Waals surface area contributed by atoms with E-state index in [-0.39, 0.29) is 29.1 Å². The summed E-state index contributed by atoms with van der Waals surface area (Å²) >= 11 is 0. The van der Waals surface area contributed by atoms with E-state index in [0.717, 1.165) is 5.56 Å². The number of allylic oxidation sites excluding steroid dienone is 2. The molecule has 0 radical (unpaired) electrons. The van der Waals surface area contributed by atoms with Gasteiger partial charge in [0, 0.05) is 48.7 Å². The van der Waals surface area contributed by atoms with Gasteiger partial charge in [-0.3, -0.25) is 25.1 Å². The fourth-order valence-corrected chi connectivity index (χ4v) is 5.25. The molecule has 2 atom stereocenters. The number of nitro groups is 2. The molecule has 12 nitrogen and oxygen atoms in total. The summed E-state index contributed by atoms with van der Waals surface area (Å²) in [5.74, 6) is -2.51. The molecule has 228 valence electrons. The summed E-state index contributed by atoms with van der Waals surface area (Å²) in [5, 5.41) is 25.9. The molecule has 0 aliphatic carbocycles. The Morgan fingerprint density at radius 1 is 0.864 bits per heavy atom. The Morgan fingerprint density at radius 3 is 2.07 bits per heavy atom. The van der Waals surface area contributed by atoms with Crippen LogP contribution in [0, 0.1) is 20.2 Å². The number of dihydropyridines is 1. The van der Waals surface area contributed by atoms with Crippen molar-refractivity contribution in [3.05, 3.63) is 138 Å². The van der Waals surface area contributed by atoms with Gasteiger partial charge in [0.15, 0.2) is 0 Å². The Kier molecular flexibility index (Phi) is 9.86. The number of hydrogen-bond donors (Lipinski definition) is 1. The third-order valence-electron chi connectivity index (χ3n) is 7.30. The van der Waals surface area contributed by atoms with Crippen molar-refractivity contribution >= 4 is 23.3 Å². The van der Waals surface area contributed by atoms with E-state index in [9.17, 15) is 29.8 Å². The molecule has 4 rings (SSSR count). The van der Waals surface area contributed by atoms with Gasteiger partial charge in [-0.1, -0.05) is 42.5 Å².